The molecule has 4 rings (SSSR count). The number of hydrogen-bond acceptors (Lipinski definition) is 8. The maximum atomic E-state index is 13.0. The van der Waals surface area contributed by atoms with Crippen molar-refractivity contribution in [3.05, 3.63) is 83.4 Å². The average Bonchev–Trinajstić information content (AvgIpc) is 2.95. The first-order chi connectivity index (χ1) is 19.4. The second kappa shape index (κ2) is 12.3. The van der Waals surface area contributed by atoms with E-state index in [0.29, 0.717) is 22.8 Å². The molecule has 2 atom stereocenters. The van der Waals surface area contributed by atoms with Gasteiger partial charge in [0.1, 0.15) is 40.0 Å². The van der Waals surface area contributed by atoms with Crippen LogP contribution < -0.4 is 18.6 Å². The van der Waals surface area contributed by atoms with Gasteiger partial charge in [-0.1, -0.05) is 45.0 Å². The predicted molar refractivity (Wildman–Crippen MR) is 166 cm³/mol. The van der Waals surface area contributed by atoms with Crippen LogP contribution in [0.25, 0.3) is 0 Å². The fourth-order valence-corrected chi connectivity index (χ4v) is 6.91. The summed E-state index contributed by atoms with van der Waals surface area (Å²) >= 11 is 1.55. The summed E-state index contributed by atoms with van der Waals surface area (Å²) in [6.45, 7) is 11.6. The van der Waals surface area contributed by atoms with Crippen LogP contribution in [-0.2, 0) is 19.8 Å². The third-order valence-electron chi connectivity index (χ3n) is 8.17. The number of benzene rings is 3. The van der Waals surface area contributed by atoms with Gasteiger partial charge in [-0.05, 0) is 71.9 Å². The lowest BCUT2D eigenvalue weighted by Gasteiger charge is -2.50. The van der Waals surface area contributed by atoms with Crippen LogP contribution in [0, 0.1) is 0 Å². The predicted octanol–water partition coefficient (Wildman–Crippen LogP) is 6.92. The van der Waals surface area contributed by atoms with Crippen molar-refractivity contribution in [2.45, 2.75) is 49.3 Å². The van der Waals surface area contributed by atoms with Crippen LogP contribution in [0.4, 0.5) is 0 Å². The molecule has 1 N–H and O–H groups in total. The zero-order valence-corrected chi connectivity index (χ0v) is 27.1. The van der Waals surface area contributed by atoms with Gasteiger partial charge in [-0.2, -0.15) is 0 Å². The Morgan fingerprint density at radius 3 is 1.93 bits per heavy atom. The van der Waals surface area contributed by atoms with Gasteiger partial charge in [0.25, 0.3) is 0 Å². The lowest BCUT2D eigenvalue weighted by atomic mass is 9.71. The summed E-state index contributed by atoms with van der Waals surface area (Å²) in [5.41, 5.74) is 0.846. The molecule has 222 valence electrons. The molecule has 1 aliphatic heterocycles. The zero-order chi connectivity index (χ0) is 29.9. The smallest absolute Gasteiger partial charge is 0.250 e. The molecule has 3 aromatic rings. The summed E-state index contributed by atoms with van der Waals surface area (Å²) in [6, 6.07) is 21.1. The van der Waals surface area contributed by atoms with E-state index in [1.165, 1.54) is 0 Å². The van der Waals surface area contributed by atoms with Crippen LogP contribution in [-0.4, -0.2) is 54.1 Å². The highest BCUT2D eigenvalue weighted by molar-refractivity contribution is 7.99. The van der Waals surface area contributed by atoms with Crippen LogP contribution in [0.2, 0.25) is 18.1 Å². The van der Waals surface area contributed by atoms with Gasteiger partial charge in [-0.25, -0.2) is 0 Å². The number of ether oxygens (including phenoxy) is 5. The number of thioether (sulfide) groups is 1. The third kappa shape index (κ3) is 5.96. The van der Waals surface area contributed by atoms with E-state index < -0.39 is 18.7 Å². The highest BCUT2D eigenvalue weighted by atomic mass is 32.2. The molecule has 0 aromatic heterocycles. The van der Waals surface area contributed by atoms with Gasteiger partial charge in [-0.3, -0.25) is 0 Å². The molecule has 7 nitrogen and oxygen atoms in total. The standard InChI is InChI=1S/C32H42O7SSi/c1-30(2,3)41(7,8)39-26-15-11-24(12-16-26)32(33)28-18-17-27(38-22-35-5)19-29(28)36-20-31(32,40-6)23-9-13-25(14-10-23)37-21-34-4/h9-19,33H,20-22H2,1-8H3. The van der Waals surface area contributed by atoms with Gasteiger partial charge in [-0.15, -0.1) is 11.8 Å². The minimum absolute atomic E-state index is 0.0687. The van der Waals surface area contributed by atoms with Gasteiger partial charge < -0.3 is 33.2 Å². The Labute approximate surface area is 249 Å². The number of methoxy groups -OCH3 is 2. The minimum Gasteiger partial charge on any atom is -0.544 e. The van der Waals surface area contributed by atoms with E-state index >= 15 is 0 Å². The Bertz CT molecular complexity index is 1310. The number of hydrogen-bond donors (Lipinski definition) is 1. The summed E-state index contributed by atoms with van der Waals surface area (Å²) in [5, 5.41) is 13.1. The summed E-state index contributed by atoms with van der Waals surface area (Å²) in [6.07, 6.45) is 2.00. The van der Waals surface area contributed by atoms with Crippen LogP contribution in [0.1, 0.15) is 37.5 Å². The van der Waals surface area contributed by atoms with Gasteiger partial charge in [0.15, 0.2) is 13.6 Å². The van der Waals surface area contributed by atoms with Crippen molar-refractivity contribution in [3.8, 4) is 23.0 Å². The van der Waals surface area contributed by atoms with E-state index in [9.17, 15) is 5.11 Å². The summed E-state index contributed by atoms with van der Waals surface area (Å²) in [4.78, 5) is 0. The first-order valence-corrected chi connectivity index (χ1v) is 17.7. The molecule has 0 spiro atoms. The number of fused-ring (bicyclic) bond motifs is 1. The summed E-state index contributed by atoms with van der Waals surface area (Å²) in [7, 11) is 1.13. The van der Waals surface area contributed by atoms with E-state index in [2.05, 4.69) is 33.9 Å². The Balaban J connectivity index is 1.83. The minimum atomic E-state index is -2.03. The molecule has 41 heavy (non-hydrogen) atoms. The average molecular weight is 599 g/mol. The monoisotopic (exact) mass is 598 g/mol. The summed E-state index contributed by atoms with van der Waals surface area (Å²) in [5.74, 6) is 2.64. The molecule has 0 radical (unpaired) electrons. The maximum absolute atomic E-state index is 13.0. The topological polar surface area (TPSA) is 75.6 Å². The molecule has 9 heteroatoms. The second-order valence-corrected chi connectivity index (χ2v) is 17.5. The van der Waals surface area contributed by atoms with Gasteiger partial charge >= 0.3 is 0 Å². The highest BCUT2D eigenvalue weighted by Gasteiger charge is 2.58. The van der Waals surface area contributed by atoms with Gasteiger partial charge in [0.05, 0.1) is 0 Å². The van der Waals surface area contributed by atoms with E-state index in [0.717, 1.165) is 16.9 Å². The molecule has 0 aliphatic carbocycles. The van der Waals surface area contributed by atoms with E-state index in [1.54, 1.807) is 32.0 Å². The van der Waals surface area contributed by atoms with Crippen LogP contribution in [0.5, 0.6) is 23.0 Å². The molecule has 2 unspecified atom stereocenters. The Hall–Kier alpha value is -2.69. The second-order valence-electron chi connectivity index (χ2n) is 11.7. The van der Waals surface area contributed by atoms with Gasteiger partial charge in [0, 0.05) is 25.8 Å². The first kappa shape index (κ1) is 31.2. The lowest BCUT2D eigenvalue weighted by molar-refractivity contribution is -0.00647. The number of rotatable bonds is 11. The van der Waals surface area contributed by atoms with Crippen molar-refractivity contribution in [3.63, 3.8) is 0 Å². The highest BCUT2D eigenvalue weighted by Crippen LogP contribution is 2.58. The molecule has 3 aromatic carbocycles. The molecule has 0 fully saturated rings. The Morgan fingerprint density at radius 2 is 1.37 bits per heavy atom. The van der Waals surface area contributed by atoms with Crippen molar-refractivity contribution >= 4 is 20.1 Å². The molecular weight excluding hydrogens is 556 g/mol. The van der Waals surface area contributed by atoms with Crippen molar-refractivity contribution < 1.29 is 33.2 Å². The fraction of sp³-hybridized carbons (Fsp3) is 0.438. The molecule has 0 saturated heterocycles. The molecule has 0 saturated carbocycles. The molecule has 0 amide bonds. The third-order valence-corrected chi connectivity index (χ3v) is 13.9. The Morgan fingerprint density at radius 1 is 0.829 bits per heavy atom. The quantitative estimate of drug-likeness (QED) is 0.188. The van der Waals surface area contributed by atoms with E-state index in [1.807, 2.05) is 66.9 Å². The molecular formula is C32H42O7SSi. The lowest BCUT2D eigenvalue weighted by Crippen LogP contribution is -2.54. The van der Waals surface area contributed by atoms with E-state index in [4.69, 9.17) is 28.1 Å². The Kier molecular flexibility index (Phi) is 9.35. The van der Waals surface area contributed by atoms with E-state index in [-0.39, 0.29) is 25.2 Å². The molecule has 0 bridgehead atoms. The summed E-state index contributed by atoms with van der Waals surface area (Å²) < 4.78 is 33.4. The molecule has 1 aliphatic rings. The van der Waals surface area contributed by atoms with Crippen LogP contribution in [0.3, 0.4) is 0 Å². The van der Waals surface area contributed by atoms with Crippen molar-refractivity contribution in [2.75, 3.05) is 40.7 Å². The fourth-order valence-electron chi connectivity index (χ4n) is 4.80. The van der Waals surface area contributed by atoms with Crippen LogP contribution in [0.15, 0.2) is 66.7 Å². The van der Waals surface area contributed by atoms with Crippen molar-refractivity contribution in [1.29, 1.82) is 0 Å². The van der Waals surface area contributed by atoms with Gasteiger partial charge in [0.2, 0.25) is 8.32 Å². The zero-order valence-electron chi connectivity index (χ0n) is 25.3. The largest absolute Gasteiger partial charge is 0.544 e. The molecule has 1 heterocycles. The van der Waals surface area contributed by atoms with Crippen LogP contribution >= 0.6 is 11.8 Å². The van der Waals surface area contributed by atoms with Crippen molar-refractivity contribution in [1.82, 2.24) is 0 Å². The normalized spacial score (nSPS) is 20.6. The van der Waals surface area contributed by atoms with Crippen molar-refractivity contribution in [2.24, 2.45) is 0 Å². The first-order valence-electron chi connectivity index (χ1n) is 13.6. The SMILES string of the molecule is COCOc1ccc(C2(SC)COc3cc(OCOC)ccc3C2(O)c2ccc(O[Si](C)(C)C(C)(C)C)cc2)cc1. The maximum Gasteiger partial charge on any atom is 0.250 e. The number of aliphatic hydroxyl groups is 1.